The molecule has 1 rings (SSSR count). The van der Waals surface area contributed by atoms with Crippen LogP contribution in [0.25, 0.3) is 0 Å². The van der Waals surface area contributed by atoms with Crippen LogP contribution in [0.3, 0.4) is 0 Å². The van der Waals surface area contributed by atoms with E-state index >= 15 is 0 Å². The average molecular weight is 172 g/mol. The molecule has 0 aliphatic carbocycles. The van der Waals surface area contributed by atoms with Crippen molar-refractivity contribution in [3.63, 3.8) is 0 Å². The van der Waals surface area contributed by atoms with Crippen LogP contribution in [0.2, 0.25) is 0 Å². The van der Waals surface area contributed by atoms with Crippen molar-refractivity contribution in [2.24, 2.45) is 0 Å². The fourth-order valence-electron chi connectivity index (χ4n) is 0.766. The molecule has 0 spiro atoms. The second-order valence-electron chi connectivity index (χ2n) is 2.48. The minimum Gasteiger partial charge on any atom is -0.393 e. The standard InChI is InChI=1S/C7H12N2OS/c1-3-6(10)4-7-9-8-5(2)11-7/h6,10H,3-4H2,1-2H3. The van der Waals surface area contributed by atoms with Crippen LogP contribution in [-0.2, 0) is 6.42 Å². The molecule has 0 saturated heterocycles. The largest absolute Gasteiger partial charge is 0.393 e. The van der Waals surface area contributed by atoms with E-state index in [4.69, 9.17) is 0 Å². The molecule has 0 bridgehead atoms. The van der Waals surface area contributed by atoms with Gasteiger partial charge in [0.1, 0.15) is 10.0 Å². The van der Waals surface area contributed by atoms with Gasteiger partial charge in [0, 0.05) is 6.42 Å². The summed E-state index contributed by atoms with van der Waals surface area (Å²) in [5.74, 6) is 0. The molecule has 1 N–H and O–H groups in total. The molecule has 1 unspecified atom stereocenters. The Kier molecular flexibility index (Phi) is 2.96. The number of rotatable bonds is 3. The van der Waals surface area contributed by atoms with E-state index in [9.17, 15) is 5.11 Å². The van der Waals surface area contributed by atoms with E-state index in [1.165, 1.54) is 0 Å². The van der Waals surface area contributed by atoms with E-state index in [1.807, 2.05) is 13.8 Å². The second-order valence-corrected chi connectivity index (χ2v) is 3.75. The predicted molar refractivity (Wildman–Crippen MR) is 44.6 cm³/mol. The zero-order chi connectivity index (χ0) is 8.27. The van der Waals surface area contributed by atoms with Crippen LogP contribution in [-0.4, -0.2) is 21.4 Å². The summed E-state index contributed by atoms with van der Waals surface area (Å²) in [6, 6.07) is 0. The molecule has 0 radical (unpaired) electrons. The fourth-order valence-corrected chi connectivity index (χ4v) is 1.55. The Bertz CT molecular complexity index is 224. The number of aliphatic hydroxyl groups excluding tert-OH is 1. The van der Waals surface area contributed by atoms with Crippen molar-refractivity contribution in [1.82, 2.24) is 10.2 Å². The highest BCUT2D eigenvalue weighted by molar-refractivity contribution is 7.11. The van der Waals surface area contributed by atoms with E-state index < -0.39 is 0 Å². The van der Waals surface area contributed by atoms with Crippen molar-refractivity contribution in [1.29, 1.82) is 0 Å². The number of nitrogens with zero attached hydrogens (tertiary/aromatic N) is 2. The lowest BCUT2D eigenvalue weighted by Crippen LogP contribution is -2.07. The van der Waals surface area contributed by atoms with Gasteiger partial charge in [0.25, 0.3) is 0 Å². The molecule has 1 aromatic heterocycles. The number of aromatic nitrogens is 2. The van der Waals surface area contributed by atoms with Gasteiger partial charge in [-0.25, -0.2) is 0 Å². The van der Waals surface area contributed by atoms with Crippen LogP contribution < -0.4 is 0 Å². The van der Waals surface area contributed by atoms with Crippen molar-refractivity contribution < 1.29 is 5.11 Å². The summed E-state index contributed by atoms with van der Waals surface area (Å²) in [6.45, 7) is 3.87. The summed E-state index contributed by atoms with van der Waals surface area (Å²) < 4.78 is 0. The topological polar surface area (TPSA) is 46.0 Å². The van der Waals surface area contributed by atoms with Crippen molar-refractivity contribution in [2.75, 3.05) is 0 Å². The van der Waals surface area contributed by atoms with Gasteiger partial charge in [0.2, 0.25) is 0 Å². The van der Waals surface area contributed by atoms with Crippen LogP contribution in [0.1, 0.15) is 23.4 Å². The van der Waals surface area contributed by atoms with Gasteiger partial charge in [-0.2, -0.15) is 0 Å². The minimum absolute atomic E-state index is 0.262. The molecule has 0 aliphatic heterocycles. The number of hydrogen-bond donors (Lipinski definition) is 1. The van der Waals surface area contributed by atoms with Gasteiger partial charge < -0.3 is 5.11 Å². The molecule has 0 saturated carbocycles. The maximum Gasteiger partial charge on any atom is 0.120 e. The maximum atomic E-state index is 9.26. The van der Waals surface area contributed by atoms with Crippen LogP contribution in [0.4, 0.5) is 0 Å². The summed E-state index contributed by atoms with van der Waals surface area (Å²) >= 11 is 1.55. The minimum atomic E-state index is -0.262. The number of aryl methyl sites for hydroxylation is 1. The normalized spacial score (nSPS) is 13.4. The highest BCUT2D eigenvalue weighted by Crippen LogP contribution is 2.11. The fraction of sp³-hybridized carbons (Fsp3) is 0.714. The van der Waals surface area contributed by atoms with E-state index in [-0.39, 0.29) is 6.10 Å². The molecule has 1 atom stereocenters. The van der Waals surface area contributed by atoms with Gasteiger partial charge in [-0.1, -0.05) is 6.92 Å². The quantitative estimate of drug-likeness (QED) is 0.744. The Labute approximate surface area is 70.1 Å². The first-order valence-corrected chi connectivity index (χ1v) is 4.51. The van der Waals surface area contributed by atoms with Crippen molar-refractivity contribution in [3.05, 3.63) is 10.0 Å². The first kappa shape index (κ1) is 8.62. The Balaban J connectivity index is 2.50. The maximum absolute atomic E-state index is 9.26. The molecule has 0 aliphatic rings. The third kappa shape index (κ3) is 2.55. The first-order chi connectivity index (χ1) is 5.22. The molecule has 4 heteroatoms. The summed E-state index contributed by atoms with van der Waals surface area (Å²) in [4.78, 5) is 0. The molecular formula is C7H12N2OS. The van der Waals surface area contributed by atoms with Crippen molar-refractivity contribution in [3.8, 4) is 0 Å². The first-order valence-electron chi connectivity index (χ1n) is 3.69. The monoisotopic (exact) mass is 172 g/mol. The zero-order valence-corrected chi connectivity index (χ0v) is 7.56. The Morgan fingerprint density at radius 3 is 2.73 bits per heavy atom. The zero-order valence-electron chi connectivity index (χ0n) is 6.74. The molecule has 1 aromatic rings. The molecule has 62 valence electrons. The third-order valence-corrected chi connectivity index (χ3v) is 2.31. The lowest BCUT2D eigenvalue weighted by atomic mass is 10.2. The highest BCUT2D eigenvalue weighted by Gasteiger charge is 2.06. The lowest BCUT2D eigenvalue weighted by molar-refractivity contribution is 0.170. The Morgan fingerprint density at radius 1 is 1.55 bits per heavy atom. The van der Waals surface area contributed by atoms with Gasteiger partial charge >= 0.3 is 0 Å². The van der Waals surface area contributed by atoms with Crippen molar-refractivity contribution in [2.45, 2.75) is 32.8 Å². The SMILES string of the molecule is CCC(O)Cc1nnc(C)s1. The molecule has 0 fully saturated rings. The van der Waals surface area contributed by atoms with Crippen LogP contribution in [0.5, 0.6) is 0 Å². The van der Waals surface area contributed by atoms with E-state index in [0.717, 1.165) is 16.4 Å². The summed E-state index contributed by atoms with van der Waals surface area (Å²) in [7, 11) is 0. The van der Waals surface area contributed by atoms with Gasteiger partial charge in [-0.3, -0.25) is 0 Å². The van der Waals surface area contributed by atoms with Gasteiger partial charge in [0.05, 0.1) is 6.10 Å². The Morgan fingerprint density at radius 2 is 2.27 bits per heavy atom. The predicted octanol–water partition coefficient (Wildman–Crippen LogP) is 1.16. The van der Waals surface area contributed by atoms with Crippen LogP contribution >= 0.6 is 11.3 Å². The number of hydrogen-bond acceptors (Lipinski definition) is 4. The van der Waals surface area contributed by atoms with E-state index in [2.05, 4.69) is 10.2 Å². The molecule has 0 amide bonds. The van der Waals surface area contributed by atoms with E-state index in [1.54, 1.807) is 11.3 Å². The summed E-state index contributed by atoms with van der Waals surface area (Å²) in [5, 5.41) is 18.9. The lowest BCUT2D eigenvalue weighted by Gasteiger charge is -2.01. The number of aliphatic hydroxyl groups is 1. The van der Waals surface area contributed by atoms with Crippen molar-refractivity contribution >= 4 is 11.3 Å². The van der Waals surface area contributed by atoms with Crippen LogP contribution in [0, 0.1) is 6.92 Å². The van der Waals surface area contributed by atoms with Gasteiger partial charge in [0.15, 0.2) is 0 Å². The van der Waals surface area contributed by atoms with Gasteiger partial charge in [-0.15, -0.1) is 21.5 Å². The average Bonchev–Trinajstić information content (AvgIpc) is 2.35. The third-order valence-electron chi connectivity index (χ3n) is 1.45. The highest BCUT2D eigenvalue weighted by atomic mass is 32.1. The molecule has 3 nitrogen and oxygen atoms in total. The molecular weight excluding hydrogens is 160 g/mol. The van der Waals surface area contributed by atoms with E-state index in [0.29, 0.717) is 6.42 Å². The molecule has 0 aromatic carbocycles. The smallest absolute Gasteiger partial charge is 0.120 e. The van der Waals surface area contributed by atoms with Gasteiger partial charge in [-0.05, 0) is 13.3 Å². The summed E-state index contributed by atoms with van der Waals surface area (Å²) in [5.41, 5.74) is 0. The molecule has 11 heavy (non-hydrogen) atoms. The Hall–Kier alpha value is -0.480. The summed E-state index contributed by atoms with van der Waals surface area (Å²) in [6.07, 6.45) is 1.16. The second kappa shape index (κ2) is 3.78. The van der Waals surface area contributed by atoms with Crippen LogP contribution in [0.15, 0.2) is 0 Å². The molecule has 1 heterocycles.